The van der Waals surface area contributed by atoms with Crippen LogP contribution in [0.5, 0.6) is 0 Å². The van der Waals surface area contributed by atoms with E-state index in [1.54, 1.807) is 0 Å². The van der Waals surface area contributed by atoms with Gasteiger partial charge in [0.2, 0.25) is 0 Å². The molecule has 1 amide bonds. The minimum atomic E-state index is 0.146. The van der Waals surface area contributed by atoms with Crippen LogP contribution in [0.3, 0.4) is 0 Å². The van der Waals surface area contributed by atoms with Crippen molar-refractivity contribution in [1.82, 2.24) is 4.90 Å². The van der Waals surface area contributed by atoms with E-state index in [-0.39, 0.29) is 5.91 Å². The van der Waals surface area contributed by atoms with Gasteiger partial charge in [0.1, 0.15) is 0 Å². The molecule has 3 heteroatoms. The van der Waals surface area contributed by atoms with Crippen molar-refractivity contribution in [2.75, 3.05) is 13.6 Å². The molecule has 2 N–H and O–H groups in total. The summed E-state index contributed by atoms with van der Waals surface area (Å²) in [6.07, 6.45) is 5.54. The van der Waals surface area contributed by atoms with Crippen molar-refractivity contribution < 1.29 is 4.79 Å². The molecule has 2 rings (SSSR count). The molecule has 3 nitrogen and oxygen atoms in total. The van der Waals surface area contributed by atoms with Crippen molar-refractivity contribution >= 4 is 5.91 Å². The maximum absolute atomic E-state index is 12.7. The van der Waals surface area contributed by atoms with Gasteiger partial charge in [-0.3, -0.25) is 4.79 Å². The highest BCUT2D eigenvalue weighted by Gasteiger charge is 2.26. The fraction of sp³-hybridized carbons (Fsp3) is 0.588. The standard InChI is InChI=1S/C17H26N2O/c1-13-6-5-8-15(12-13)19(2)17(20)16-9-4-3-7-14(16)10-11-18/h3-4,7,9,13,15H,5-6,8,10-12,18H2,1-2H3. The molecule has 1 aromatic rings. The normalized spacial score (nSPS) is 22.6. The average Bonchev–Trinajstić information content (AvgIpc) is 2.47. The number of amides is 1. The number of nitrogens with two attached hydrogens (primary N) is 1. The second-order valence-electron chi connectivity index (χ2n) is 6.04. The Kier molecular flexibility index (Phi) is 5.18. The molecular weight excluding hydrogens is 248 g/mol. The first-order valence-corrected chi connectivity index (χ1v) is 7.68. The Labute approximate surface area is 122 Å². The molecule has 0 radical (unpaired) electrons. The van der Waals surface area contributed by atoms with E-state index in [9.17, 15) is 4.79 Å². The predicted octanol–water partition coefficient (Wildman–Crippen LogP) is 2.84. The summed E-state index contributed by atoms with van der Waals surface area (Å²) in [5.74, 6) is 0.872. The smallest absolute Gasteiger partial charge is 0.254 e. The van der Waals surface area contributed by atoms with Crippen LogP contribution in [-0.4, -0.2) is 30.4 Å². The van der Waals surface area contributed by atoms with Gasteiger partial charge in [0.25, 0.3) is 5.91 Å². The second kappa shape index (κ2) is 6.89. The molecule has 0 saturated heterocycles. The molecule has 1 aliphatic rings. The Bertz CT molecular complexity index is 458. The fourth-order valence-corrected chi connectivity index (χ4v) is 3.21. The topological polar surface area (TPSA) is 46.3 Å². The highest BCUT2D eigenvalue weighted by molar-refractivity contribution is 5.95. The third-order valence-electron chi connectivity index (χ3n) is 4.44. The maximum Gasteiger partial charge on any atom is 0.254 e. The minimum Gasteiger partial charge on any atom is -0.339 e. The van der Waals surface area contributed by atoms with E-state index in [4.69, 9.17) is 5.73 Å². The number of carbonyl (C=O) groups excluding carboxylic acids is 1. The summed E-state index contributed by atoms with van der Waals surface area (Å²) in [4.78, 5) is 14.7. The molecule has 1 fully saturated rings. The Hall–Kier alpha value is -1.35. The van der Waals surface area contributed by atoms with Crippen molar-refractivity contribution in [3.63, 3.8) is 0 Å². The van der Waals surface area contributed by atoms with Gasteiger partial charge in [0.05, 0.1) is 0 Å². The summed E-state index contributed by atoms with van der Waals surface area (Å²) in [7, 11) is 1.95. The van der Waals surface area contributed by atoms with E-state index in [2.05, 4.69) is 6.92 Å². The quantitative estimate of drug-likeness (QED) is 0.917. The first kappa shape index (κ1) is 15.0. The van der Waals surface area contributed by atoms with Crippen molar-refractivity contribution in [2.24, 2.45) is 11.7 Å². The molecule has 1 saturated carbocycles. The third-order valence-corrected chi connectivity index (χ3v) is 4.44. The third kappa shape index (κ3) is 3.40. The van der Waals surface area contributed by atoms with Crippen molar-refractivity contribution in [1.29, 1.82) is 0 Å². The number of hydrogen-bond donors (Lipinski definition) is 1. The first-order chi connectivity index (χ1) is 9.63. The minimum absolute atomic E-state index is 0.146. The predicted molar refractivity (Wildman–Crippen MR) is 82.7 cm³/mol. The van der Waals surface area contributed by atoms with E-state index in [1.807, 2.05) is 36.2 Å². The molecule has 0 aromatic heterocycles. The summed E-state index contributed by atoms with van der Waals surface area (Å²) in [5, 5.41) is 0. The lowest BCUT2D eigenvalue weighted by atomic mass is 9.86. The zero-order valence-electron chi connectivity index (χ0n) is 12.6. The van der Waals surface area contributed by atoms with Crippen LogP contribution in [0.1, 0.15) is 48.5 Å². The number of nitrogens with zero attached hydrogens (tertiary/aromatic N) is 1. The number of rotatable bonds is 4. The van der Waals surface area contributed by atoms with E-state index < -0.39 is 0 Å². The number of benzene rings is 1. The first-order valence-electron chi connectivity index (χ1n) is 7.68. The van der Waals surface area contributed by atoms with Crippen LogP contribution in [-0.2, 0) is 6.42 Å². The molecule has 1 aromatic carbocycles. The van der Waals surface area contributed by atoms with Crippen LogP contribution in [0.4, 0.5) is 0 Å². The highest BCUT2D eigenvalue weighted by atomic mass is 16.2. The zero-order chi connectivity index (χ0) is 14.5. The molecule has 0 spiro atoms. The van der Waals surface area contributed by atoms with Gasteiger partial charge in [0, 0.05) is 18.7 Å². The van der Waals surface area contributed by atoms with Crippen molar-refractivity contribution in [2.45, 2.75) is 45.1 Å². The monoisotopic (exact) mass is 274 g/mol. The van der Waals surface area contributed by atoms with Gasteiger partial charge in [0.15, 0.2) is 0 Å². The zero-order valence-corrected chi connectivity index (χ0v) is 12.6. The Morgan fingerprint density at radius 3 is 2.80 bits per heavy atom. The largest absolute Gasteiger partial charge is 0.339 e. The average molecular weight is 274 g/mol. The number of hydrogen-bond acceptors (Lipinski definition) is 2. The summed E-state index contributed by atoms with van der Waals surface area (Å²) in [5.41, 5.74) is 7.53. The molecule has 20 heavy (non-hydrogen) atoms. The van der Waals surface area contributed by atoms with E-state index in [1.165, 1.54) is 12.8 Å². The lowest BCUT2D eigenvalue weighted by molar-refractivity contribution is 0.0671. The van der Waals surface area contributed by atoms with E-state index in [0.717, 1.165) is 36.3 Å². The van der Waals surface area contributed by atoms with Crippen LogP contribution < -0.4 is 5.73 Å². The van der Waals surface area contributed by atoms with Gasteiger partial charge < -0.3 is 10.6 Å². The highest BCUT2D eigenvalue weighted by Crippen LogP contribution is 2.27. The summed E-state index contributed by atoms with van der Waals surface area (Å²) < 4.78 is 0. The maximum atomic E-state index is 12.7. The van der Waals surface area contributed by atoms with Crippen LogP contribution >= 0.6 is 0 Å². The molecular formula is C17H26N2O. The molecule has 0 bridgehead atoms. The van der Waals surface area contributed by atoms with Gasteiger partial charge in [-0.1, -0.05) is 38.0 Å². The van der Waals surface area contributed by atoms with Crippen LogP contribution in [0.15, 0.2) is 24.3 Å². The summed E-state index contributed by atoms with van der Waals surface area (Å²) in [6.45, 7) is 2.86. The molecule has 0 aliphatic heterocycles. The molecule has 110 valence electrons. The van der Waals surface area contributed by atoms with Crippen LogP contribution in [0.25, 0.3) is 0 Å². The van der Waals surface area contributed by atoms with Crippen LogP contribution in [0, 0.1) is 5.92 Å². The Balaban J connectivity index is 2.13. The Morgan fingerprint density at radius 2 is 2.10 bits per heavy atom. The van der Waals surface area contributed by atoms with Gasteiger partial charge in [-0.15, -0.1) is 0 Å². The molecule has 2 unspecified atom stereocenters. The summed E-state index contributed by atoms with van der Waals surface area (Å²) >= 11 is 0. The lowest BCUT2D eigenvalue weighted by Gasteiger charge is -2.34. The van der Waals surface area contributed by atoms with Gasteiger partial charge in [-0.25, -0.2) is 0 Å². The number of carbonyl (C=O) groups is 1. The fourth-order valence-electron chi connectivity index (χ4n) is 3.21. The van der Waals surface area contributed by atoms with E-state index >= 15 is 0 Å². The molecule has 0 heterocycles. The van der Waals surface area contributed by atoms with Crippen LogP contribution in [0.2, 0.25) is 0 Å². The molecule has 1 aliphatic carbocycles. The van der Waals surface area contributed by atoms with Gasteiger partial charge in [-0.05, 0) is 43.4 Å². The van der Waals surface area contributed by atoms with Gasteiger partial charge >= 0.3 is 0 Å². The molecule has 2 atom stereocenters. The van der Waals surface area contributed by atoms with Crippen molar-refractivity contribution in [3.05, 3.63) is 35.4 Å². The van der Waals surface area contributed by atoms with E-state index in [0.29, 0.717) is 12.6 Å². The van der Waals surface area contributed by atoms with Crippen molar-refractivity contribution in [3.8, 4) is 0 Å². The summed E-state index contributed by atoms with van der Waals surface area (Å²) in [6, 6.07) is 8.24. The Morgan fingerprint density at radius 1 is 1.35 bits per heavy atom. The lowest BCUT2D eigenvalue weighted by Crippen LogP contribution is -2.40. The SMILES string of the molecule is CC1CCCC(N(C)C(=O)c2ccccc2CCN)C1. The van der Waals surface area contributed by atoms with Gasteiger partial charge in [-0.2, -0.15) is 0 Å². The second-order valence-corrected chi connectivity index (χ2v) is 6.04.